The summed E-state index contributed by atoms with van der Waals surface area (Å²) in [5, 5.41) is 17.4. The number of hydrogen-bond acceptors (Lipinski definition) is 5. The molecular weight excluding hydrogens is 164 g/mol. The number of carboxylic acid groups (broad SMARTS) is 1. The minimum Gasteiger partial charge on any atom is -0.502 e. The van der Waals surface area contributed by atoms with Gasteiger partial charge in [0.1, 0.15) is 0 Å². The molecule has 0 bridgehead atoms. The van der Waals surface area contributed by atoms with Gasteiger partial charge in [0.15, 0.2) is 5.75 Å². The van der Waals surface area contributed by atoms with E-state index in [-0.39, 0.29) is 11.6 Å². The zero-order valence-corrected chi connectivity index (χ0v) is 6.18. The van der Waals surface area contributed by atoms with Crippen LogP contribution < -0.4 is 4.74 Å². The molecule has 0 amide bonds. The van der Waals surface area contributed by atoms with Crippen LogP contribution in [-0.2, 0) is 0 Å². The Kier molecular flexibility index (Phi) is 2.09. The van der Waals surface area contributed by atoms with E-state index in [1.807, 2.05) is 0 Å². The number of ether oxygens (including phenoxy) is 1. The number of aromatic hydroxyl groups is 1. The van der Waals surface area contributed by atoms with Crippen molar-refractivity contribution in [2.45, 2.75) is 0 Å². The summed E-state index contributed by atoms with van der Waals surface area (Å²) >= 11 is 0. The van der Waals surface area contributed by atoms with Crippen LogP contribution in [0.5, 0.6) is 11.6 Å². The van der Waals surface area contributed by atoms with Crippen molar-refractivity contribution in [3.05, 3.63) is 12.0 Å². The van der Waals surface area contributed by atoms with Gasteiger partial charge in [-0.1, -0.05) is 0 Å². The summed E-state index contributed by atoms with van der Waals surface area (Å²) in [7, 11) is 1.27. The summed E-state index contributed by atoms with van der Waals surface area (Å²) in [5.41, 5.74) is 0. The molecule has 0 aliphatic rings. The molecule has 6 nitrogen and oxygen atoms in total. The first kappa shape index (κ1) is 8.25. The maximum absolute atomic E-state index is 10.3. The highest BCUT2D eigenvalue weighted by atomic mass is 16.5. The number of hydrogen-bond donors (Lipinski definition) is 2. The van der Waals surface area contributed by atoms with Gasteiger partial charge in [0.25, 0.3) is 5.88 Å². The number of methoxy groups -OCH3 is 1. The Labute approximate surface area is 67.5 Å². The molecule has 0 aliphatic carbocycles. The van der Waals surface area contributed by atoms with Crippen LogP contribution in [0.2, 0.25) is 0 Å². The summed E-state index contributed by atoms with van der Waals surface area (Å²) in [4.78, 5) is 17.1. The van der Waals surface area contributed by atoms with Crippen LogP contribution in [0.1, 0.15) is 10.6 Å². The van der Waals surface area contributed by atoms with Crippen molar-refractivity contribution in [2.75, 3.05) is 7.11 Å². The van der Waals surface area contributed by atoms with Crippen LogP contribution in [0.4, 0.5) is 0 Å². The van der Waals surface area contributed by atoms with Crippen LogP contribution in [-0.4, -0.2) is 33.3 Å². The molecule has 1 heterocycles. The molecule has 0 spiro atoms. The highest BCUT2D eigenvalue weighted by molar-refractivity contribution is 5.83. The Bertz CT molecular complexity index is 312. The Morgan fingerprint density at radius 2 is 2.33 bits per heavy atom. The van der Waals surface area contributed by atoms with E-state index in [1.54, 1.807) is 0 Å². The van der Waals surface area contributed by atoms with Crippen molar-refractivity contribution < 1.29 is 19.7 Å². The van der Waals surface area contributed by atoms with Crippen molar-refractivity contribution in [3.8, 4) is 11.6 Å². The van der Waals surface area contributed by atoms with E-state index in [1.165, 1.54) is 7.11 Å². The van der Waals surface area contributed by atoms with E-state index in [4.69, 9.17) is 10.2 Å². The lowest BCUT2D eigenvalue weighted by Gasteiger charge is -2.00. The van der Waals surface area contributed by atoms with Crippen molar-refractivity contribution in [2.24, 2.45) is 0 Å². The van der Waals surface area contributed by atoms with Crippen LogP contribution in [0.25, 0.3) is 0 Å². The zero-order chi connectivity index (χ0) is 9.14. The van der Waals surface area contributed by atoms with E-state index >= 15 is 0 Å². The number of carbonyl (C=O) groups is 1. The molecule has 12 heavy (non-hydrogen) atoms. The van der Waals surface area contributed by atoms with Crippen LogP contribution in [0.15, 0.2) is 6.20 Å². The number of aromatic carboxylic acids is 1. The van der Waals surface area contributed by atoms with Gasteiger partial charge in [-0.05, 0) is 0 Å². The van der Waals surface area contributed by atoms with E-state index in [0.717, 1.165) is 6.20 Å². The van der Waals surface area contributed by atoms with E-state index < -0.39 is 11.8 Å². The predicted molar refractivity (Wildman–Crippen MR) is 37.2 cm³/mol. The average Bonchev–Trinajstić information content (AvgIpc) is 2.05. The lowest BCUT2D eigenvalue weighted by molar-refractivity contribution is 0.0682. The Hall–Kier alpha value is -1.85. The van der Waals surface area contributed by atoms with Gasteiger partial charge in [-0.2, -0.15) is 4.98 Å². The maximum Gasteiger partial charge on any atom is 0.374 e. The monoisotopic (exact) mass is 170 g/mol. The summed E-state index contributed by atoms with van der Waals surface area (Å²) in [6.45, 7) is 0. The fourth-order valence-electron chi connectivity index (χ4n) is 0.613. The molecule has 0 fully saturated rings. The lowest BCUT2D eigenvalue weighted by Crippen LogP contribution is -2.04. The van der Waals surface area contributed by atoms with E-state index in [2.05, 4.69) is 14.7 Å². The Morgan fingerprint density at radius 3 is 2.83 bits per heavy atom. The molecule has 0 saturated heterocycles. The fourth-order valence-corrected chi connectivity index (χ4v) is 0.613. The second kappa shape index (κ2) is 3.04. The number of aromatic nitrogens is 2. The first-order chi connectivity index (χ1) is 5.65. The molecule has 0 unspecified atom stereocenters. The molecule has 6 heteroatoms. The van der Waals surface area contributed by atoms with Gasteiger partial charge < -0.3 is 14.9 Å². The second-order valence-corrected chi connectivity index (χ2v) is 1.89. The van der Waals surface area contributed by atoms with Gasteiger partial charge in [-0.3, -0.25) is 0 Å². The third kappa shape index (κ3) is 1.42. The van der Waals surface area contributed by atoms with Gasteiger partial charge >= 0.3 is 5.97 Å². The molecule has 64 valence electrons. The first-order valence-electron chi connectivity index (χ1n) is 2.98. The minimum absolute atomic E-state index is 0.151. The molecular formula is C6H6N2O4. The second-order valence-electron chi connectivity index (χ2n) is 1.89. The number of rotatable bonds is 2. The van der Waals surface area contributed by atoms with E-state index in [0.29, 0.717) is 0 Å². The molecule has 0 aliphatic heterocycles. The third-order valence-corrected chi connectivity index (χ3v) is 1.12. The molecule has 0 aromatic carbocycles. The van der Waals surface area contributed by atoms with Gasteiger partial charge in [0.05, 0.1) is 13.3 Å². The smallest absolute Gasteiger partial charge is 0.374 e. The molecule has 1 aromatic heterocycles. The highest BCUT2D eigenvalue weighted by Gasteiger charge is 2.10. The number of nitrogens with zero attached hydrogens (tertiary/aromatic N) is 2. The predicted octanol–water partition coefficient (Wildman–Crippen LogP) is -0.111. The van der Waals surface area contributed by atoms with Crippen LogP contribution in [0, 0.1) is 0 Å². The Morgan fingerprint density at radius 1 is 1.67 bits per heavy atom. The van der Waals surface area contributed by atoms with Crippen molar-refractivity contribution in [1.29, 1.82) is 0 Å². The molecule has 1 rings (SSSR count). The minimum atomic E-state index is -1.27. The number of carboxylic acids is 1. The van der Waals surface area contributed by atoms with Gasteiger partial charge in [0, 0.05) is 0 Å². The zero-order valence-electron chi connectivity index (χ0n) is 6.18. The first-order valence-corrected chi connectivity index (χ1v) is 2.98. The SMILES string of the molecule is COc1nc(C(=O)O)ncc1O. The van der Waals surface area contributed by atoms with Crippen molar-refractivity contribution in [3.63, 3.8) is 0 Å². The molecule has 0 radical (unpaired) electrons. The summed E-state index contributed by atoms with van der Waals surface area (Å²) in [6.07, 6.45) is 0.968. The lowest BCUT2D eigenvalue weighted by atomic mass is 10.5. The summed E-state index contributed by atoms with van der Waals surface area (Å²) in [5.74, 6) is -2.12. The van der Waals surface area contributed by atoms with Crippen LogP contribution in [0.3, 0.4) is 0 Å². The fraction of sp³-hybridized carbons (Fsp3) is 0.167. The largest absolute Gasteiger partial charge is 0.502 e. The van der Waals surface area contributed by atoms with Gasteiger partial charge in [-0.15, -0.1) is 0 Å². The molecule has 0 saturated carbocycles. The maximum atomic E-state index is 10.3. The van der Waals surface area contributed by atoms with Crippen molar-refractivity contribution >= 4 is 5.97 Å². The standard InChI is InChI=1S/C6H6N2O4/c1-12-5-3(9)2-7-4(8-5)6(10)11/h2,9H,1H3,(H,10,11). The molecule has 1 aromatic rings. The van der Waals surface area contributed by atoms with Crippen LogP contribution >= 0.6 is 0 Å². The third-order valence-electron chi connectivity index (χ3n) is 1.12. The summed E-state index contributed by atoms with van der Waals surface area (Å²) in [6, 6.07) is 0. The summed E-state index contributed by atoms with van der Waals surface area (Å²) < 4.78 is 4.57. The van der Waals surface area contributed by atoms with Crippen molar-refractivity contribution in [1.82, 2.24) is 9.97 Å². The quantitative estimate of drug-likeness (QED) is 0.643. The van der Waals surface area contributed by atoms with Gasteiger partial charge in [-0.25, -0.2) is 9.78 Å². The van der Waals surface area contributed by atoms with Gasteiger partial charge in [0.2, 0.25) is 5.82 Å². The van der Waals surface area contributed by atoms with E-state index in [9.17, 15) is 4.79 Å². The molecule has 0 atom stereocenters. The average molecular weight is 170 g/mol. The molecule has 2 N–H and O–H groups in total. The normalized spacial score (nSPS) is 9.42. The topological polar surface area (TPSA) is 92.5 Å². The Balaban J connectivity index is 3.13. The highest BCUT2D eigenvalue weighted by Crippen LogP contribution is 2.20.